The Hall–Kier alpha value is -1.77. The van der Waals surface area contributed by atoms with Crippen LogP contribution in [-0.2, 0) is 13.1 Å². The van der Waals surface area contributed by atoms with Crippen LogP contribution in [-0.4, -0.2) is 10.1 Å². The molecule has 162 valence electrons. The molecule has 3 heteroatoms. The predicted molar refractivity (Wildman–Crippen MR) is 129 cm³/mol. The van der Waals surface area contributed by atoms with Crippen molar-refractivity contribution < 1.29 is 0 Å². The summed E-state index contributed by atoms with van der Waals surface area (Å²) < 4.78 is 2.40. The van der Waals surface area contributed by atoms with E-state index in [4.69, 9.17) is 11.6 Å². The van der Waals surface area contributed by atoms with Crippen LogP contribution in [0.3, 0.4) is 0 Å². The van der Waals surface area contributed by atoms with Crippen LogP contribution in [0.2, 0.25) is 5.02 Å². The van der Waals surface area contributed by atoms with Gasteiger partial charge in [0.15, 0.2) is 0 Å². The minimum Gasteiger partial charge on any atom is -0.343 e. The molecule has 4 aliphatic carbocycles. The van der Waals surface area contributed by atoms with Gasteiger partial charge >= 0.3 is 0 Å². The van der Waals surface area contributed by atoms with Crippen molar-refractivity contribution in [1.29, 1.82) is 0 Å². The van der Waals surface area contributed by atoms with Crippen LogP contribution in [0.1, 0.15) is 63.5 Å². The van der Waals surface area contributed by atoms with E-state index in [1.807, 2.05) is 12.1 Å². The van der Waals surface area contributed by atoms with Crippen LogP contribution >= 0.6 is 11.6 Å². The third-order valence-corrected chi connectivity index (χ3v) is 8.67. The molecule has 1 N–H and O–H groups in total. The highest BCUT2D eigenvalue weighted by Crippen LogP contribution is 2.66. The molecule has 2 nitrogen and oxygen atoms in total. The Kier molecular flexibility index (Phi) is 4.40. The van der Waals surface area contributed by atoms with Gasteiger partial charge in [-0.1, -0.05) is 55.8 Å². The van der Waals surface area contributed by atoms with Gasteiger partial charge in [0, 0.05) is 40.8 Å². The molecule has 7 rings (SSSR count). The van der Waals surface area contributed by atoms with Crippen LogP contribution in [0.5, 0.6) is 0 Å². The maximum atomic E-state index is 6.09. The Balaban J connectivity index is 1.28. The van der Waals surface area contributed by atoms with E-state index in [0.29, 0.717) is 16.4 Å². The van der Waals surface area contributed by atoms with Crippen LogP contribution < -0.4 is 5.32 Å². The first-order valence-corrected chi connectivity index (χ1v) is 12.3. The van der Waals surface area contributed by atoms with E-state index >= 15 is 0 Å². The monoisotopic (exact) mass is 432 g/mol. The average Bonchev–Trinajstić information content (AvgIpc) is 3.03. The smallest absolute Gasteiger partial charge is 0.0486 e. The standard InChI is InChI=1S/C28H33ClN2/c1-26-11-21-12-27(2,17-26)19-28(13-21,18-26)30-14-22-16-31(25-6-4-3-5-24(22)25)15-20-7-9-23(29)10-8-20/h3-10,16,21,30H,11-15,17-19H2,1-2H3/t21?,26-,27+,28?. The number of halogens is 1. The highest BCUT2D eigenvalue weighted by Gasteiger charge is 2.59. The number of nitrogens with one attached hydrogen (secondary N) is 1. The second-order valence-corrected chi connectivity index (χ2v) is 12.1. The summed E-state index contributed by atoms with van der Waals surface area (Å²) in [4.78, 5) is 0. The summed E-state index contributed by atoms with van der Waals surface area (Å²) in [6, 6.07) is 17.1. The average molecular weight is 433 g/mol. The topological polar surface area (TPSA) is 17.0 Å². The summed E-state index contributed by atoms with van der Waals surface area (Å²) in [5, 5.41) is 6.32. The number of hydrogen-bond acceptors (Lipinski definition) is 1. The molecule has 4 bridgehead atoms. The van der Waals surface area contributed by atoms with Crippen molar-refractivity contribution in [2.45, 2.75) is 71.0 Å². The molecule has 4 aliphatic rings. The minimum absolute atomic E-state index is 0.336. The number of aromatic nitrogens is 1. The molecule has 1 heterocycles. The Bertz CT molecular complexity index is 1110. The van der Waals surface area contributed by atoms with Crippen molar-refractivity contribution in [1.82, 2.24) is 9.88 Å². The summed E-state index contributed by atoms with van der Waals surface area (Å²) in [6.45, 7) is 6.96. The van der Waals surface area contributed by atoms with Crippen molar-refractivity contribution >= 4 is 22.5 Å². The predicted octanol–water partition coefficient (Wildman–Crippen LogP) is 7.18. The van der Waals surface area contributed by atoms with Crippen molar-refractivity contribution in [2.75, 3.05) is 0 Å². The lowest BCUT2D eigenvalue weighted by atomic mass is 9.43. The first kappa shape index (κ1) is 19.9. The van der Waals surface area contributed by atoms with E-state index in [1.54, 1.807) is 0 Å². The van der Waals surface area contributed by atoms with Gasteiger partial charge in [0.2, 0.25) is 0 Å². The lowest BCUT2D eigenvalue weighted by Gasteiger charge is -2.65. The second kappa shape index (κ2) is 6.86. The molecule has 0 saturated heterocycles. The summed E-state index contributed by atoms with van der Waals surface area (Å²) >= 11 is 6.09. The zero-order valence-electron chi connectivity index (χ0n) is 18.8. The Labute approximate surface area is 191 Å². The lowest BCUT2D eigenvalue weighted by Crippen LogP contribution is -2.63. The second-order valence-electron chi connectivity index (χ2n) is 11.7. The number of fused-ring (bicyclic) bond motifs is 1. The molecule has 2 aromatic carbocycles. The van der Waals surface area contributed by atoms with Gasteiger partial charge in [-0.3, -0.25) is 0 Å². The van der Waals surface area contributed by atoms with Gasteiger partial charge in [0.1, 0.15) is 0 Å². The first-order valence-electron chi connectivity index (χ1n) is 11.9. The van der Waals surface area contributed by atoms with Gasteiger partial charge in [-0.05, 0) is 84.6 Å². The highest BCUT2D eigenvalue weighted by atomic mass is 35.5. The molecule has 3 aromatic rings. The Morgan fingerprint density at radius 3 is 2.35 bits per heavy atom. The molecular formula is C28H33ClN2. The number of rotatable bonds is 5. The number of hydrogen-bond donors (Lipinski definition) is 1. The summed E-state index contributed by atoms with van der Waals surface area (Å²) in [5.41, 5.74) is 5.45. The fourth-order valence-electron chi connectivity index (χ4n) is 8.31. The van der Waals surface area contributed by atoms with E-state index in [9.17, 15) is 0 Å². The summed E-state index contributed by atoms with van der Waals surface area (Å²) in [5.74, 6) is 0.921. The molecule has 1 aromatic heterocycles. The van der Waals surface area contributed by atoms with E-state index in [1.165, 1.54) is 60.6 Å². The van der Waals surface area contributed by atoms with Crippen LogP contribution in [0, 0.1) is 16.7 Å². The molecule has 0 aliphatic heterocycles. The number of nitrogens with zero attached hydrogens (tertiary/aromatic N) is 1. The molecule has 4 fully saturated rings. The van der Waals surface area contributed by atoms with Crippen molar-refractivity contribution in [2.24, 2.45) is 16.7 Å². The zero-order valence-corrected chi connectivity index (χ0v) is 19.5. The molecule has 31 heavy (non-hydrogen) atoms. The van der Waals surface area contributed by atoms with Crippen molar-refractivity contribution in [3.05, 3.63) is 70.9 Å². The zero-order chi connectivity index (χ0) is 21.3. The first-order chi connectivity index (χ1) is 14.8. The van der Waals surface area contributed by atoms with E-state index in [0.717, 1.165) is 24.0 Å². The molecule has 0 amide bonds. The van der Waals surface area contributed by atoms with Gasteiger partial charge < -0.3 is 9.88 Å². The Morgan fingerprint density at radius 2 is 1.65 bits per heavy atom. The van der Waals surface area contributed by atoms with Gasteiger partial charge in [-0.2, -0.15) is 0 Å². The fraction of sp³-hybridized carbons (Fsp3) is 0.500. The molecule has 0 spiro atoms. The molecule has 4 atom stereocenters. The van der Waals surface area contributed by atoms with E-state index in [2.05, 4.69) is 66.3 Å². The van der Waals surface area contributed by atoms with Crippen LogP contribution in [0.25, 0.3) is 10.9 Å². The van der Waals surface area contributed by atoms with Crippen LogP contribution in [0.4, 0.5) is 0 Å². The molecular weight excluding hydrogens is 400 g/mol. The third-order valence-electron chi connectivity index (χ3n) is 8.42. The maximum absolute atomic E-state index is 6.09. The van der Waals surface area contributed by atoms with Crippen molar-refractivity contribution in [3.63, 3.8) is 0 Å². The van der Waals surface area contributed by atoms with Gasteiger partial charge in [0.05, 0.1) is 0 Å². The molecule has 0 radical (unpaired) electrons. The van der Waals surface area contributed by atoms with E-state index < -0.39 is 0 Å². The van der Waals surface area contributed by atoms with E-state index in [-0.39, 0.29) is 0 Å². The summed E-state index contributed by atoms with van der Waals surface area (Å²) in [7, 11) is 0. The SMILES string of the molecule is C[C@]12CC3CC(NCc4cn(Cc5ccc(Cl)cc5)c5ccccc45)(C1)C[C@@](C)(C3)C2. The largest absolute Gasteiger partial charge is 0.343 e. The normalized spacial score (nSPS) is 34.0. The van der Waals surface area contributed by atoms with Crippen molar-refractivity contribution in [3.8, 4) is 0 Å². The Morgan fingerprint density at radius 1 is 0.935 bits per heavy atom. The number of para-hydroxylation sites is 1. The number of benzene rings is 2. The molecule has 4 saturated carbocycles. The minimum atomic E-state index is 0.336. The van der Waals surface area contributed by atoms with Gasteiger partial charge in [0.25, 0.3) is 0 Å². The quantitative estimate of drug-likeness (QED) is 0.451. The molecule has 2 unspecified atom stereocenters. The van der Waals surface area contributed by atoms with Crippen LogP contribution in [0.15, 0.2) is 54.7 Å². The lowest BCUT2D eigenvalue weighted by molar-refractivity contribution is -0.118. The summed E-state index contributed by atoms with van der Waals surface area (Å²) in [6.07, 6.45) is 10.8. The van der Waals surface area contributed by atoms with Gasteiger partial charge in [-0.25, -0.2) is 0 Å². The third kappa shape index (κ3) is 3.52. The maximum Gasteiger partial charge on any atom is 0.0486 e. The highest BCUT2D eigenvalue weighted by molar-refractivity contribution is 6.30. The fourth-order valence-corrected chi connectivity index (χ4v) is 8.43. The van der Waals surface area contributed by atoms with Gasteiger partial charge in [-0.15, -0.1) is 0 Å².